The standard InChI is InChI=1S/C10H15NO/c1-3-9-6-11-10(12-9)8-4-7(2)5-8/h6-8H,3-5H2,1-2H3. The highest BCUT2D eigenvalue weighted by molar-refractivity contribution is 5.03. The van der Waals surface area contributed by atoms with Crippen molar-refractivity contribution < 1.29 is 4.42 Å². The molecule has 1 aliphatic carbocycles. The molecule has 66 valence electrons. The molecule has 0 saturated heterocycles. The Bertz CT molecular complexity index is 261. The summed E-state index contributed by atoms with van der Waals surface area (Å²) >= 11 is 0. The predicted molar refractivity (Wildman–Crippen MR) is 47.0 cm³/mol. The monoisotopic (exact) mass is 165 g/mol. The van der Waals surface area contributed by atoms with Gasteiger partial charge < -0.3 is 4.42 Å². The van der Waals surface area contributed by atoms with Crippen molar-refractivity contribution in [2.45, 2.75) is 39.0 Å². The first-order valence-electron chi connectivity index (χ1n) is 4.74. The molecule has 0 aliphatic heterocycles. The molecule has 1 fully saturated rings. The largest absolute Gasteiger partial charge is 0.445 e. The van der Waals surface area contributed by atoms with E-state index in [0.29, 0.717) is 5.92 Å². The first kappa shape index (κ1) is 7.84. The summed E-state index contributed by atoms with van der Waals surface area (Å²) < 4.78 is 5.57. The van der Waals surface area contributed by atoms with E-state index in [1.807, 2.05) is 6.20 Å². The highest BCUT2D eigenvalue weighted by atomic mass is 16.4. The predicted octanol–water partition coefficient (Wildman–Crippen LogP) is 2.75. The van der Waals surface area contributed by atoms with Crippen LogP contribution in [0.4, 0.5) is 0 Å². The van der Waals surface area contributed by atoms with E-state index in [0.717, 1.165) is 24.0 Å². The molecule has 12 heavy (non-hydrogen) atoms. The Hall–Kier alpha value is -0.790. The van der Waals surface area contributed by atoms with Gasteiger partial charge >= 0.3 is 0 Å². The molecular weight excluding hydrogens is 150 g/mol. The quantitative estimate of drug-likeness (QED) is 0.673. The number of hydrogen-bond donors (Lipinski definition) is 0. The molecule has 2 heteroatoms. The minimum atomic E-state index is 0.611. The fourth-order valence-electron chi connectivity index (χ4n) is 1.78. The molecule has 1 aromatic rings. The number of hydrogen-bond acceptors (Lipinski definition) is 2. The van der Waals surface area contributed by atoms with Crippen LogP contribution in [0.3, 0.4) is 0 Å². The first-order chi connectivity index (χ1) is 5.79. The van der Waals surface area contributed by atoms with E-state index < -0.39 is 0 Å². The van der Waals surface area contributed by atoms with E-state index in [1.165, 1.54) is 12.8 Å². The normalized spacial score (nSPS) is 28.5. The van der Waals surface area contributed by atoms with E-state index in [2.05, 4.69) is 18.8 Å². The van der Waals surface area contributed by atoms with Crippen LogP contribution >= 0.6 is 0 Å². The van der Waals surface area contributed by atoms with Gasteiger partial charge in [0.25, 0.3) is 0 Å². The Kier molecular flexibility index (Phi) is 1.91. The molecule has 0 radical (unpaired) electrons. The summed E-state index contributed by atoms with van der Waals surface area (Å²) in [6, 6.07) is 0. The van der Waals surface area contributed by atoms with Gasteiger partial charge in [0, 0.05) is 12.3 Å². The highest BCUT2D eigenvalue weighted by Gasteiger charge is 2.30. The molecule has 1 aliphatic rings. The molecule has 2 rings (SSSR count). The summed E-state index contributed by atoms with van der Waals surface area (Å²) in [5.74, 6) is 3.46. The molecule has 0 bridgehead atoms. The van der Waals surface area contributed by atoms with E-state index >= 15 is 0 Å². The third-order valence-corrected chi connectivity index (χ3v) is 2.64. The second kappa shape index (κ2) is 2.92. The zero-order valence-corrected chi connectivity index (χ0v) is 7.71. The average molecular weight is 165 g/mol. The number of rotatable bonds is 2. The van der Waals surface area contributed by atoms with Crippen LogP contribution in [0.5, 0.6) is 0 Å². The third kappa shape index (κ3) is 1.26. The van der Waals surface area contributed by atoms with Crippen LogP contribution in [0.25, 0.3) is 0 Å². The molecular formula is C10H15NO. The Morgan fingerprint density at radius 3 is 2.83 bits per heavy atom. The maximum absolute atomic E-state index is 5.57. The highest BCUT2D eigenvalue weighted by Crippen LogP contribution is 2.40. The molecule has 1 saturated carbocycles. The number of aryl methyl sites for hydroxylation is 1. The molecule has 0 unspecified atom stereocenters. The van der Waals surface area contributed by atoms with Gasteiger partial charge in [0.05, 0.1) is 6.20 Å². The van der Waals surface area contributed by atoms with Crippen LogP contribution in [-0.4, -0.2) is 4.98 Å². The van der Waals surface area contributed by atoms with Gasteiger partial charge in [-0.2, -0.15) is 0 Å². The molecule has 0 aromatic carbocycles. The van der Waals surface area contributed by atoms with E-state index in [9.17, 15) is 0 Å². The van der Waals surface area contributed by atoms with Crippen molar-refractivity contribution in [3.05, 3.63) is 17.8 Å². The van der Waals surface area contributed by atoms with E-state index in [1.54, 1.807) is 0 Å². The number of oxazole rings is 1. The van der Waals surface area contributed by atoms with E-state index in [-0.39, 0.29) is 0 Å². The summed E-state index contributed by atoms with van der Waals surface area (Å²) in [5.41, 5.74) is 0. The Balaban J connectivity index is 2.04. The van der Waals surface area contributed by atoms with Crippen LogP contribution in [0, 0.1) is 5.92 Å². The fraction of sp³-hybridized carbons (Fsp3) is 0.700. The third-order valence-electron chi connectivity index (χ3n) is 2.64. The summed E-state index contributed by atoms with van der Waals surface area (Å²) in [6.07, 6.45) is 5.32. The Morgan fingerprint density at radius 2 is 2.33 bits per heavy atom. The molecule has 0 atom stereocenters. The van der Waals surface area contributed by atoms with Gasteiger partial charge in [-0.05, 0) is 18.8 Å². The number of nitrogens with zero attached hydrogens (tertiary/aromatic N) is 1. The summed E-state index contributed by atoms with van der Waals surface area (Å²) in [4.78, 5) is 4.28. The lowest BCUT2D eigenvalue weighted by Gasteiger charge is -2.29. The van der Waals surface area contributed by atoms with Crippen molar-refractivity contribution in [3.63, 3.8) is 0 Å². The van der Waals surface area contributed by atoms with Crippen molar-refractivity contribution in [1.29, 1.82) is 0 Å². The topological polar surface area (TPSA) is 26.0 Å². The van der Waals surface area contributed by atoms with Crippen LogP contribution < -0.4 is 0 Å². The lowest BCUT2D eigenvalue weighted by Crippen LogP contribution is -2.18. The smallest absolute Gasteiger partial charge is 0.197 e. The van der Waals surface area contributed by atoms with Gasteiger partial charge in [0.2, 0.25) is 0 Å². The number of aromatic nitrogens is 1. The molecule has 0 spiro atoms. The maximum Gasteiger partial charge on any atom is 0.197 e. The minimum Gasteiger partial charge on any atom is -0.445 e. The van der Waals surface area contributed by atoms with Gasteiger partial charge in [-0.3, -0.25) is 0 Å². The summed E-state index contributed by atoms with van der Waals surface area (Å²) in [5, 5.41) is 0. The summed E-state index contributed by atoms with van der Waals surface area (Å²) in [7, 11) is 0. The van der Waals surface area contributed by atoms with Crippen LogP contribution in [0.1, 0.15) is 44.3 Å². The van der Waals surface area contributed by atoms with Crippen molar-refractivity contribution >= 4 is 0 Å². The minimum absolute atomic E-state index is 0.611. The van der Waals surface area contributed by atoms with Crippen LogP contribution in [0.2, 0.25) is 0 Å². The zero-order valence-electron chi connectivity index (χ0n) is 7.71. The van der Waals surface area contributed by atoms with Crippen molar-refractivity contribution in [2.24, 2.45) is 5.92 Å². The SMILES string of the molecule is CCc1cnc(C2CC(C)C2)o1. The molecule has 1 heterocycles. The van der Waals surface area contributed by atoms with Gasteiger partial charge in [-0.25, -0.2) is 4.98 Å². The molecule has 0 N–H and O–H groups in total. The summed E-state index contributed by atoms with van der Waals surface area (Å²) in [6.45, 7) is 4.37. The Morgan fingerprint density at radius 1 is 1.58 bits per heavy atom. The van der Waals surface area contributed by atoms with Crippen molar-refractivity contribution in [2.75, 3.05) is 0 Å². The van der Waals surface area contributed by atoms with Crippen molar-refractivity contribution in [3.8, 4) is 0 Å². The lowest BCUT2D eigenvalue weighted by molar-refractivity contribution is 0.242. The second-order valence-corrected chi connectivity index (χ2v) is 3.79. The average Bonchev–Trinajstić information content (AvgIpc) is 2.46. The van der Waals surface area contributed by atoms with Gasteiger partial charge in [-0.15, -0.1) is 0 Å². The molecule has 2 nitrogen and oxygen atoms in total. The Labute approximate surface area is 73.0 Å². The first-order valence-corrected chi connectivity index (χ1v) is 4.74. The maximum atomic E-state index is 5.57. The van der Waals surface area contributed by atoms with Gasteiger partial charge in [-0.1, -0.05) is 13.8 Å². The lowest BCUT2D eigenvalue weighted by atomic mass is 9.76. The van der Waals surface area contributed by atoms with Crippen LogP contribution in [0.15, 0.2) is 10.6 Å². The zero-order chi connectivity index (χ0) is 8.55. The van der Waals surface area contributed by atoms with E-state index in [4.69, 9.17) is 4.42 Å². The fourth-order valence-corrected chi connectivity index (χ4v) is 1.78. The van der Waals surface area contributed by atoms with Crippen molar-refractivity contribution in [1.82, 2.24) is 4.98 Å². The molecule has 1 aromatic heterocycles. The molecule has 0 amide bonds. The van der Waals surface area contributed by atoms with Gasteiger partial charge in [0.15, 0.2) is 5.89 Å². The second-order valence-electron chi connectivity index (χ2n) is 3.79. The van der Waals surface area contributed by atoms with Crippen LogP contribution in [-0.2, 0) is 6.42 Å². The van der Waals surface area contributed by atoms with Gasteiger partial charge in [0.1, 0.15) is 5.76 Å².